The van der Waals surface area contributed by atoms with Gasteiger partial charge in [-0.3, -0.25) is 0 Å². The summed E-state index contributed by atoms with van der Waals surface area (Å²) in [6.07, 6.45) is 5.04. The van der Waals surface area contributed by atoms with Gasteiger partial charge in [-0.1, -0.05) is 38.8 Å². The number of ether oxygens (including phenoxy) is 1. The molecule has 0 aromatic heterocycles. The van der Waals surface area contributed by atoms with E-state index >= 15 is 0 Å². The Kier molecular flexibility index (Phi) is 5.91. The van der Waals surface area contributed by atoms with Crippen molar-refractivity contribution in [2.45, 2.75) is 39.5 Å². The monoisotopic (exact) mass is 205 g/mol. The smallest absolute Gasteiger partial charge is 0.119 e. The summed E-state index contributed by atoms with van der Waals surface area (Å²) in [6, 6.07) is 10.6. The summed E-state index contributed by atoms with van der Waals surface area (Å²) in [5.74, 6) is 1.81. The van der Waals surface area contributed by atoms with Crippen LogP contribution in [0.15, 0.2) is 24.3 Å². The van der Waals surface area contributed by atoms with Crippen molar-refractivity contribution in [2.24, 2.45) is 5.92 Å². The topological polar surface area (TPSA) is 9.23 Å². The highest BCUT2D eigenvalue weighted by Gasteiger charge is 1.98. The van der Waals surface area contributed by atoms with Crippen LogP contribution >= 0.6 is 0 Å². The van der Waals surface area contributed by atoms with Crippen LogP contribution in [0, 0.1) is 12.0 Å². The molecule has 0 saturated carbocycles. The van der Waals surface area contributed by atoms with Crippen LogP contribution in [-0.2, 0) is 0 Å². The fourth-order valence-corrected chi connectivity index (χ4v) is 1.46. The molecule has 0 N–H and O–H groups in total. The molecule has 1 radical (unpaired) electrons. The molecule has 15 heavy (non-hydrogen) atoms. The minimum absolute atomic E-state index is 0.834. The van der Waals surface area contributed by atoms with Gasteiger partial charge in [0.1, 0.15) is 5.75 Å². The molecular formula is C14H21O. The molecule has 1 heteroatoms. The van der Waals surface area contributed by atoms with Crippen LogP contribution in [0.2, 0.25) is 0 Å². The number of hydrogen-bond donors (Lipinski definition) is 0. The third-order valence-electron chi connectivity index (χ3n) is 2.74. The zero-order valence-corrected chi connectivity index (χ0v) is 9.83. The first-order valence-electron chi connectivity index (χ1n) is 5.92. The number of unbranched alkanes of at least 4 members (excludes halogenated alkanes) is 1. The highest BCUT2D eigenvalue weighted by Crippen LogP contribution is 2.12. The predicted octanol–water partition coefficient (Wildman–Crippen LogP) is 4.08. The van der Waals surface area contributed by atoms with Crippen molar-refractivity contribution in [3.8, 4) is 5.75 Å². The average molecular weight is 205 g/mol. The van der Waals surface area contributed by atoms with Crippen molar-refractivity contribution < 1.29 is 4.74 Å². The van der Waals surface area contributed by atoms with Crippen LogP contribution in [0.5, 0.6) is 5.75 Å². The molecule has 1 atom stereocenters. The van der Waals surface area contributed by atoms with Crippen molar-refractivity contribution in [3.05, 3.63) is 30.3 Å². The van der Waals surface area contributed by atoms with Gasteiger partial charge in [0.15, 0.2) is 0 Å². The fourth-order valence-electron chi connectivity index (χ4n) is 1.46. The first kappa shape index (κ1) is 12.1. The molecule has 0 spiro atoms. The van der Waals surface area contributed by atoms with Gasteiger partial charge in [-0.15, -0.1) is 0 Å². The summed E-state index contributed by atoms with van der Waals surface area (Å²) in [6.45, 7) is 5.40. The first-order valence-corrected chi connectivity index (χ1v) is 5.92. The molecule has 0 aliphatic carbocycles. The van der Waals surface area contributed by atoms with Crippen molar-refractivity contribution in [1.82, 2.24) is 0 Å². The van der Waals surface area contributed by atoms with Crippen LogP contribution in [-0.4, -0.2) is 6.61 Å². The number of hydrogen-bond acceptors (Lipinski definition) is 1. The molecule has 0 amide bonds. The van der Waals surface area contributed by atoms with E-state index in [0.29, 0.717) is 0 Å². The Balaban J connectivity index is 2.03. The highest BCUT2D eigenvalue weighted by atomic mass is 16.5. The first-order chi connectivity index (χ1) is 7.33. The molecule has 0 aliphatic heterocycles. The molecule has 0 saturated heterocycles. The Hall–Kier alpha value is -0.980. The van der Waals surface area contributed by atoms with E-state index in [4.69, 9.17) is 4.74 Å². The maximum absolute atomic E-state index is 5.60. The molecule has 1 rings (SSSR count). The SMILES string of the molecule is CCC(C)CCCCOc1cc[c]cc1. The summed E-state index contributed by atoms with van der Waals surface area (Å²) in [5.41, 5.74) is 0. The van der Waals surface area contributed by atoms with Gasteiger partial charge >= 0.3 is 0 Å². The van der Waals surface area contributed by atoms with Crippen LogP contribution in [0.3, 0.4) is 0 Å². The molecule has 0 heterocycles. The molecule has 0 bridgehead atoms. The average Bonchev–Trinajstić information content (AvgIpc) is 2.29. The van der Waals surface area contributed by atoms with Gasteiger partial charge in [-0.05, 0) is 37.0 Å². The van der Waals surface area contributed by atoms with Crippen molar-refractivity contribution in [3.63, 3.8) is 0 Å². The van der Waals surface area contributed by atoms with E-state index in [1.54, 1.807) is 0 Å². The van der Waals surface area contributed by atoms with E-state index in [-0.39, 0.29) is 0 Å². The van der Waals surface area contributed by atoms with Crippen molar-refractivity contribution in [2.75, 3.05) is 6.61 Å². The van der Waals surface area contributed by atoms with Gasteiger partial charge in [-0.25, -0.2) is 0 Å². The minimum Gasteiger partial charge on any atom is -0.494 e. The second kappa shape index (κ2) is 7.33. The molecule has 1 aromatic rings. The molecular weight excluding hydrogens is 184 g/mol. The Morgan fingerprint density at radius 2 is 2.00 bits per heavy atom. The van der Waals surface area contributed by atoms with Gasteiger partial charge in [0.05, 0.1) is 6.61 Å². The maximum Gasteiger partial charge on any atom is 0.119 e. The molecule has 1 aromatic carbocycles. The lowest BCUT2D eigenvalue weighted by molar-refractivity contribution is 0.299. The van der Waals surface area contributed by atoms with Crippen molar-refractivity contribution in [1.29, 1.82) is 0 Å². The Morgan fingerprint density at radius 1 is 1.27 bits per heavy atom. The lowest BCUT2D eigenvalue weighted by Gasteiger charge is -2.08. The van der Waals surface area contributed by atoms with E-state index in [9.17, 15) is 0 Å². The van der Waals surface area contributed by atoms with E-state index in [1.165, 1.54) is 19.3 Å². The maximum atomic E-state index is 5.60. The summed E-state index contributed by atoms with van der Waals surface area (Å²) in [4.78, 5) is 0. The van der Waals surface area contributed by atoms with Gasteiger partial charge in [0.2, 0.25) is 0 Å². The molecule has 0 aliphatic rings. The van der Waals surface area contributed by atoms with Gasteiger partial charge in [0, 0.05) is 0 Å². The van der Waals surface area contributed by atoms with Crippen molar-refractivity contribution >= 4 is 0 Å². The van der Waals surface area contributed by atoms with Gasteiger partial charge < -0.3 is 4.74 Å². The van der Waals surface area contributed by atoms with Crippen LogP contribution in [0.25, 0.3) is 0 Å². The summed E-state index contributed by atoms with van der Waals surface area (Å²) < 4.78 is 5.60. The zero-order valence-electron chi connectivity index (χ0n) is 9.83. The van der Waals surface area contributed by atoms with Crippen LogP contribution < -0.4 is 4.74 Å². The highest BCUT2D eigenvalue weighted by molar-refractivity contribution is 5.20. The second-order valence-corrected chi connectivity index (χ2v) is 4.09. The molecule has 1 unspecified atom stereocenters. The largest absolute Gasteiger partial charge is 0.494 e. The third-order valence-corrected chi connectivity index (χ3v) is 2.74. The fraction of sp³-hybridized carbons (Fsp3) is 0.571. The third kappa shape index (κ3) is 5.46. The Labute approximate surface area is 93.5 Å². The summed E-state index contributed by atoms with van der Waals surface area (Å²) in [5, 5.41) is 0. The lowest BCUT2D eigenvalue weighted by Crippen LogP contribution is -1.99. The number of benzene rings is 1. The molecule has 1 nitrogen and oxygen atoms in total. The van der Waals surface area contributed by atoms with E-state index in [1.807, 2.05) is 24.3 Å². The normalized spacial score (nSPS) is 12.4. The Morgan fingerprint density at radius 3 is 2.67 bits per heavy atom. The van der Waals surface area contributed by atoms with E-state index in [2.05, 4.69) is 19.9 Å². The standard InChI is InChI=1S/C14H21O/c1-3-13(2)9-7-8-12-15-14-10-5-4-6-11-14/h5-6,10-11,13H,3,7-9,12H2,1-2H3. The lowest BCUT2D eigenvalue weighted by atomic mass is 10.0. The summed E-state index contributed by atoms with van der Waals surface area (Å²) >= 11 is 0. The van der Waals surface area contributed by atoms with Gasteiger partial charge in [0.25, 0.3) is 0 Å². The second-order valence-electron chi connectivity index (χ2n) is 4.09. The zero-order chi connectivity index (χ0) is 10.9. The van der Waals surface area contributed by atoms with E-state index < -0.39 is 0 Å². The molecule has 83 valence electrons. The molecule has 0 fully saturated rings. The van der Waals surface area contributed by atoms with Crippen LogP contribution in [0.4, 0.5) is 0 Å². The summed E-state index contributed by atoms with van der Waals surface area (Å²) in [7, 11) is 0. The number of rotatable bonds is 7. The van der Waals surface area contributed by atoms with Gasteiger partial charge in [-0.2, -0.15) is 0 Å². The van der Waals surface area contributed by atoms with Crippen LogP contribution in [0.1, 0.15) is 39.5 Å². The Bertz CT molecular complexity index is 243. The minimum atomic E-state index is 0.834. The predicted molar refractivity (Wildman–Crippen MR) is 64.1 cm³/mol. The quantitative estimate of drug-likeness (QED) is 0.609. The van der Waals surface area contributed by atoms with E-state index in [0.717, 1.165) is 24.7 Å².